The van der Waals surface area contributed by atoms with E-state index in [1.165, 1.54) is 0 Å². The summed E-state index contributed by atoms with van der Waals surface area (Å²) in [4.78, 5) is 33.8. The molecule has 0 aromatic carbocycles. The number of ether oxygens (including phenoxy) is 2. The Labute approximate surface area is 118 Å². The Morgan fingerprint density at radius 3 is 1.50 bits per heavy atom. The van der Waals surface area contributed by atoms with E-state index in [1.54, 1.807) is 27.7 Å². The average Bonchev–Trinajstić information content (AvgIpc) is 2.27. The molecule has 7 heteroatoms. The summed E-state index contributed by atoms with van der Waals surface area (Å²) in [5.41, 5.74) is 0.648. The van der Waals surface area contributed by atoms with E-state index in [0.29, 0.717) is 11.4 Å². The van der Waals surface area contributed by atoms with Crippen molar-refractivity contribution in [3.63, 3.8) is 0 Å². The predicted octanol–water partition coefficient (Wildman–Crippen LogP) is 1.22. The van der Waals surface area contributed by atoms with Crippen LogP contribution in [0.2, 0.25) is 0 Å². The van der Waals surface area contributed by atoms with Gasteiger partial charge in [-0.15, -0.1) is 0 Å². The van der Waals surface area contributed by atoms with Gasteiger partial charge in [-0.1, -0.05) is 0 Å². The maximum Gasteiger partial charge on any atom is 0.332 e. The fourth-order valence-corrected chi connectivity index (χ4v) is 1.18. The van der Waals surface area contributed by atoms with Gasteiger partial charge in [0.1, 0.15) is 0 Å². The zero-order valence-corrected chi connectivity index (χ0v) is 12.1. The maximum atomic E-state index is 11.5. The van der Waals surface area contributed by atoms with Crippen LogP contribution in [0.5, 0.6) is 0 Å². The molecule has 0 saturated carbocycles. The van der Waals surface area contributed by atoms with E-state index < -0.39 is 18.0 Å². The van der Waals surface area contributed by atoms with Crippen molar-refractivity contribution < 1.29 is 23.9 Å². The summed E-state index contributed by atoms with van der Waals surface area (Å²) in [5, 5.41) is 4.85. The van der Waals surface area contributed by atoms with E-state index in [-0.39, 0.29) is 13.2 Å². The van der Waals surface area contributed by atoms with Crippen LogP contribution in [0.15, 0.2) is 23.5 Å². The molecule has 2 amide bonds. The zero-order chi connectivity index (χ0) is 15.5. The Kier molecular flexibility index (Phi) is 8.49. The third-order valence-electron chi connectivity index (χ3n) is 1.86. The first-order valence-electron chi connectivity index (χ1n) is 6.17. The number of carbonyl (C=O) groups excluding carboxylic acids is 3. The summed E-state index contributed by atoms with van der Waals surface area (Å²) in [7, 11) is 0. The van der Waals surface area contributed by atoms with Crippen LogP contribution in [0.4, 0.5) is 4.79 Å². The van der Waals surface area contributed by atoms with Gasteiger partial charge in [-0.25, -0.2) is 14.4 Å². The highest BCUT2D eigenvalue weighted by molar-refractivity contribution is 5.86. The molecule has 0 atom stereocenters. The zero-order valence-electron chi connectivity index (χ0n) is 12.1. The number of amides is 2. The molecule has 0 unspecified atom stereocenters. The van der Waals surface area contributed by atoms with Crippen molar-refractivity contribution in [3.8, 4) is 0 Å². The fraction of sp³-hybridized carbons (Fsp3) is 0.462. The van der Waals surface area contributed by atoms with Crippen molar-refractivity contribution in [2.45, 2.75) is 27.7 Å². The van der Waals surface area contributed by atoms with Gasteiger partial charge in [0.15, 0.2) is 0 Å². The lowest BCUT2D eigenvalue weighted by Crippen LogP contribution is -2.33. The van der Waals surface area contributed by atoms with Crippen LogP contribution in [0.1, 0.15) is 27.7 Å². The van der Waals surface area contributed by atoms with Gasteiger partial charge >= 0.3 is 18.0 Å². The highest BCUT2D eigenvalue weighted by Gasteiger charge is 2.05. The lowest BCUT2D eigenvalue weighted by atomic mass is 10.4. The molecule has 0 aliphatic rings. The van der Waals surface area contributed by atoms with Crippen molar-refractivity contribution in [2.75, 3.05) is 13.2 Å². The van der Waals surface area contributed by atoms with Gasteiger partial charge in [0.2, 0.25) is 0 Å². The van der Waals surface area contributed by atoms with Gasteiger partial charge < -0.3 is 20.1 Å². The van der Waals surface area contributed by atoms with Crippen LogP contribution >= 0.6 is 0 Å². The largest absolute Gasteiger partial charge is 0.463 e. The molecule has 0 heterocycles. The molecule has 0 aromatic heterocycles. The SMILES string of the molecule is CCOC(=O)C=C(C)NC(=O)NC(C)=CC(=O)OCC. The van der Waals surface area contributed by atoms with Crippen molar-refractivity contribution in [1.82, 2.24) is 10.6 Å². The number of nitrogens with one attached hydrogen (secondary N) is 2. The van der Waals surface area contributed by atoms with Crippen molar-refractivity contribution in [1.29, 1.82) is 0 Å². The Morgan fingerprint density at radius 1 is 0.850 bits per heavy atom. The summed E-state index contributed by atoms with van der Waals surface area (Å²) < 4.78 is 9.39. The third-order valence-corrected chi connectivity index (χ3v) is 1.86. The summed E-state index contributed by atoms with van der Waals surface area (Å²) >= 11 is 0. The molecule has 112 valence electrons. The molecule has 0 bridgehead atoms. The molecule has 0 radical (unpaired) electrons. The topological polar surface area (TPSA) is 93.7 Å². The maximum absolute atomic E-state index is 11.5. The van der Waals surface area contributed by atoms with Crippen LogP contribution in [0.3, 0.4) is 0 Å². The number of urea groups is 1. The second-order valence-electron chi connectivity index (χ2n) is 3.74. The van der Waals surface area contributed by atoms with Crippen LogP contribution < -0.4 is 10.6 Å². The average molecular weight is 284 g/mol. The molecule has 7 nitrogen and oxygen atoms in total. The van der Waals surface area contributed by atoms with E-state index in [9.17, 15) is 14.4 Å². The number of rotatable bonds is 6. The summed E-state index contributed by atoms with van der Waals surface area (Å²) in [6.07, 6.45) is 2.32. The molecule has 0 saturated heterocycles. The lowest BCUT2D eigenvalue weighted by molar-refractivity contribution is -0.138. The van der Waals surface area contributed by atoms with Gasteiger partial charge in [-0.2, -0.15) is 0 Å². The van der Waals surface area contributed by atoms with Crippen molar-refractivity contribution in [2.24, 2.45) is 0 Å². The van der Waals surface area contributed by atoms with Crippen LogP contribution in [-0.4, -0.2) is 31.2 Å². The predicted molar refractivity (Wildman–Crippen MR) is 72.4 cm³/mol. The first-order valence-corrected chi connectivity index (χ1v) is 6.17. The van der Waals surface area contributed by atoms with Crippen LogP contribution in [0, 0.1) is 0 Å². The second-order valence-corrected chi connectivity index (χ2v) is 3.74. The fourth-order valence-electron chi connectivity index (χ4n) is 1.18. The molecule has 0 fully saturated rings. The molecule has 0 spiro atoms. The Balaban J connectivity index is 4.35. The van der Waals surface area contributed by atoms with E-state index in [0.717, 1.165) is 12.2 Å². The van der Waals surface area contributed by atoms with Gasteiger partial charge in [0.25, 0.3) is 0 Å². The molecule has 2 N–H and O–H groups in total. The number of carbonyl (C=O) groups is 3. The van der Waals surface area contributed by atoms with Crippen LogP contribution in [0.25, 0.3) is 0 Å². The second kappa shape index (κ2) is 9.60. The summed E-state index contributed by atoms with van der Waals surface area (Å²) in [5.74, 6) is -1.08. The first kappa shape index (κ1) is 17.7. The monoisotopic (exact) mass is 284 g/mol. The summed E-state index contributed by atoms with van der Waals surface area (Å²) in [6, 6.07) is -0.568. The first-order chi connectivity index (χ1) is 9.38. The summed E-state index contributed by atoms with van der Waals surface area (Å²) in [6.45, 7) is 6.98. The Morgan fingerprint density at radius 2 is 1.20 bits per heavy atom. The number of hydrogen-bond acceptors (Lipinski definition) is 5. The Hall–Kier alpha value is -2.31. The molecule has 0 rings (SSSR count). The van der Waals surface area contributed by atoms with Gasteiger partial charge in [0.05, 0.1) is 13.2 Å². The van der Waals surface area contributed by atoms with Gasteiger partial charge in [-0.05, 0) is 27.7 Å². The Bertz CT molecular complexity index is 388. The molecule has 0 aliphatic heterocycles. The van der Waals surface area contributed by atoms with E-state index >= 15 is 0 Å². The number of esters is 2. The number of hydrogen-bond donors (Lipinski definition) is 2. The molecule has 0 aromatic rings. The normalized spacial score (nSPS) is 11.6. The minimum Gasteiger partial charge on any atom is -0.463 e. The van der Waals surface area contributed by atoms with Crippen LogP contribution in [-0.2, 0) is 19.1 Å². The van der Waals surface area contributed by atoms with E-state index in [1.807, 2.05) is 0 Å². The third kappa shape index (κ3) is 8.73. The lowest BCUT2D eigenvalue weighted by Gasteiger charge is -2.08. The minimum atomic E-state index is -0.568. The van der Waals surface area contributed by atoms with E-state index in [4.69, 9.17) is 9.47 Å². The number of allylic oxidation sites excluding steroid dienone is 2. The van der Waals surface area contributed by atoms with Gasteiger partial charge in [-0.3, -0.25) is 0 Å². The van der Waals surface area contributed by atoms with Crippen molar-refractivity contribution in [3.05, 3.63) is 23.5 Å². The molecular formula is C13H20N2O5. The van der Waals surface area contributed by atoms with Gasteiger partial charge in [0, 0.05) is 23.5 Å². The van der Waals surface area contributed by atoms with E-state index in [2.05, 4.69) is 10.6 Å². The molecular weight excluding hydrogens is 264 g/mol. The van der Waals surface area contributed by atoms with Crippen molar-refractivity contribution >= 4 is 18.0 Å². The highest BCUT2D eigenvalue weighted by atomic mass is 16.5. The smallest absolute Gasteiger partial charge is 0.332 e. The molecule has 20 heavy (non-hydrogen) atoms. The highest BCUT2D eigenvalue weighted by Crippen LogP contribution is 1.93. The quantitative estimate of drug-likeness (QED) is 0.565. The standard InChI is InChI=1S/C13H20N2O5/c1-5-19-11(16)7-9(3)14-13(18)15-10(4)8-12(17)20-6-2/h7-8H,5-6H2,1-4H3,(H2,14,15,18). The minimum absolute atomic E-state index is 0.260. The molecule has 0 aliphatic carbocycles.